The molecule has 2 aromatic carbocycles. The van der Waals surface area contributed by atoms with Crippen molar-refractivity contribution in [3.05, 3.63) is 85.5 Å². The maximum atomic E-state index is 12.3. The molecule has 0 saturated carbocycles. The number of ether oxygens (including phenoxy) is 1. The molecule has 4 rings (SSSR count). The molecule has 1 fully saturated rings. The first-order valence-electron chi connectivity index (χ1n) is 11.2. The van der Waals surface area contributed by atoms with Gasteiger partial charge in [0.2, 0.25) is 0 Å². The zero-order chi connectivity index (χ0) is 22.1. The summed E-state index contributed by atoms with van der Waals surface area (Å²) in [6.45, 7) is 10.7. The summed E-state index contributed by atoms with van der Waals surface area (Å²) in [5.74, 6) is -0.139. The van der Waals surface area contributed by atoms with Gasteiger partial charge in [0.25, 0.3) is 8.32 Å². The lowest BCUT2D eigenvalue weighted by atomic mass is 9.80. The average Bonchev–Trinajstić information content (AvgIpc) is 3.07. The van der Waals surface area contributed by atoms with Crippen LogP contribution in [-0.2, 0) is 14.0 Å². The Labute approximate surface area is 186 Å². The van der Waals surface area contributed by atoms with Gasteiger partial charge in [0.15, 0.2) is 0 Å². The van der Waals surface area contributed by atoms with Crippen molar-refractivity contribution in [2.75, 3.05) is 0 Å². The fourth-order valence-electron chi connectivity index (χ4n) is 5.22. The first kappa shape index (κ1) is 21.8. The highest BCUT2D eigenvalue weighted by Gasteiger charge is 2.53. The van der Waals surface area contributed by atoms with E-state index in [2.05, 4.69) is 94.1 Å². The minimum atomic E-state index is -2.64. The molecule has 4 heteroatoms. The fourth-order valence-corrected chi connectivity index (χ4v) is 9.87. The second kappa shape index (κ2) is 8.60. The highest BCUT2D eigenvalue weighted by atomic mass is 28.4. The lowest BCUT2D eigenvalue weighted by molar-refractivity contribution is -0.143. The third-order valence-electron chi connectivity index (χ3n) is 6.66. The van der Waals surface area contributed by atoms with E-state index in [9.17, 15) is 4.79 Å². The Morgan fingerprint density at radius 1 is 1.03 bits per heavy atom. The van der Waals surface area contributed by atoms with Crippen LogP contribution in [-0.4, -0.2) is 26.5 Å². The van der Waals surface area contributed by atoms with Crippen LogP contribution in [0.25, 0.3) is 0 Å². The molecule has 3 nitrogen and oxygen atoms in total. The second-order valence-corrected chi connectivity index (χ2v) is 13.9. The van der Waals surface area contributed by atoms with Crippen LogP contribution in [0.3, 0.4) is 0 Å². The van der Waals surface area contributed by atoms with Crippen molar-refractivity contribution in [2.45, 2.75) is 50.9 Å². The molecule has 31 heavy (non-hydrogen) atoms. The maximum Gasteiger partial charge on any atom is 0.313 e. The Morgan fingerprint density at radius 3 is 2.13 bits per heavy atom. The quantitative estimate of drug-likeness (QED) is 0.379. The van der Waals surface area contributed by atoms with E-state index in [1.165, 1.54) is 10.4 Å². The number of benzene rings is 2. The number of carbonyl (C=O) groups excluding carboxylic acids is 1. The molecule has 162 valence electrons. The van der Waals surface area contributed by atoms with Gasteiger partial charge in [-0.15, -0.1) is 6.58 Å². The first-order valence-corrected chi connectivity index (χ1v) is 13.1. The second-order valence-electron chi connectivity index (χ2n) is 9.63. The molecule has 0 aromatic heterocycles. The zero-order valence-corrected chi connectivity index (χ0v) is 19.7. The predicted octanol–water partition coefficient (Wildman–Crippen LogP) is 4.63. The molecule has 0 spiro atoms. The van der Waals surface area contributed by atoms with Crippen molar-refractivity contribution in [1.29, 1.82) is 0 Å². The van der Waals surface area contributed by atoms with Crippen molar-refractivity contribution >= 4 is 24.7 Å². The van der Waals surface area contributed by atoms with Gasteiger partial charge >= 0.3 is 5.97 Å². The van der Waals surface area contributed by atoms with Gasteiger partial charge in [0, 0.05) is 12.3 Å². The zero-order valence-electron chi connectivity index (χ0n) is 18.7. The molecule has 4 atom stereocenters. The monoisotopic (exact) mass is 432 g/mol. The molecule has 0 radical (unpaired) electrons. The van der Waals surface area contributed by atoms with Gasteiger partial charge in [-0.05, 0) is 21.8 Å². The molecule has 2 aliphatic rings. The fraction of sp³-hybridized carbons (Fsp3) is 0.370. The topological polar surface area (TPSA) is 35.5 Å². The number of rotatable bonds is 6. The minimum Gasteiger partial charge on any atom is -0.461 e. The van der Waals surface area contributed by atoms with E-state index in [1.807, 2.05) is 12.2 Å². The van der Waals surface area contributed by atoms with E-state index in [4.69, 9.17) is 9.16 Å². The van der Waals surface area contributed by atoms with Gasteiger partial charge in [-0.2, -0.15) is 0 Å². The summed E-state index contributed by atoms with van der Waals surface area (Å²) in [5, 5.41) is 2.46. The summed E-state index contributed by atoms with van der Waals surface area (Å²) < 4.78 is 12.9. The Hall–Kier alpha value is -2.43. The molecule has 1 aliphatic heterocycles. The van der Waals surface area contributed by atoms with Crippen LogP contribution in [0.15, 0.2) is 85.5 Å². The molecule has 2 aromatic rings. The van der Waals surface area contributed by atoms with Crippen LogP contribution in [0.4, 0.5) is 0 Å². The number of hydrogen-bond acceptors (Lipinski definition) is 3. The molecular weight excluding hydrogens is 400 g/mol. The van der Waals surface area contributed by atoms with Crippen LogP contribution >= 0.6 is 0 Å². The maximum absolute atomic E-state index is 12.3. The molecular formula is C27H32O3Si. The van der Waals surface area contributed by atoms with Crippen LogP contribution in [0, 0.1) is 11.8 Å². The molecule has 0 N–H and O–H groups in total. The lowest BCUT2D eigenvalue weighted by Gasteiger charge is -2.45. The highest BCUT2D eigenvalue weighted by Crippen LogP contribution is 2.42. The van der Waals surface area contributed by atoms with E-state index in [-0.39, 0.29) is 35.1 Å². The molecule has 0 bridgehead atoms. The van der Waals surface area contributed by atoms with Crippen LogP contribution in [0.2, 0.25) is 5.04 Å². The SMILES string of the molecule is C=CC[C@@H]1OC(=O)[C@H]2C=C[C@H](O[Si](c3ccccc3)(c3ccccc3)C(C)(C)C)C[C@@H]12. The van der Waals surface area contributed by atoms with E-state index < -0.39 is 8.32 Å². The smallest absolute Gasteiger partial charge is 0.313 e. The third kappa shape index (κ3) is 3.95. The molecule has 1 saturated heterocycles. The number of carbonyl (C=O) groups is 1. The summed E-state index contributed by atoms with van der Waals surface area (Å²) in [5.41, 5.74) is 0. The van der Waals surface area contributed by atoms with Crippen molar-refractivity contribution in [3.63, 3.8) is 0 Å². The van der Waals surface area contributed by atoms with Crippen molar-refractivity contribution in [2.24, 2.45) is 11.8 Å². The predicted molar refractivity (Wildman–Crippen MR) is 128 cm³/mol. The van der Waals surface area contributed by atoms with Crippen molar-refractivity contribution in [3.8, 4) is 0 Å². The van der Waals surface area contributed by atoms with E-state index in [0.717, 1.165) is 6.42 Å². The standard InChI is InChI=1S/C27H32O3Si/c1-5-12-25-24-19-20(17-18-23(24)26(28)29-25)30-31(27(2,3)4,21-13-8-6-9-14-21)22-15-10-7-11-16-22/h5-11,13-18,20,23-25H,1,12,19H2,2-4H3/t20-,23-,24+,25-/m0/s1. The summed E-state index contributed by atoms with van der Waals surface area (Å²) in [6.07, 6.45) is 7.26. The molecule has 1 heterocycles. The molecule has 1 aliphatic carbocycles. The van der Waals surface area contributed by atoms with Gasteiger partial charge in [-0.3, -0.25) is 4.79 Å². The Morgan fingerprint density at radius 2 is 1.61 bits per heavy atom. The van der Waals surface area contributed by atoms with Gasteiger partial charge in [-0.1, -0.05) is 99.7 Å². The summed E-state index contributed by atoms with van der Waals surface area (Å²) >= 11 is 0. The van der Waals surface area contributed by atoms with Crippen LogP contribution in [0.5, 0.6) is 0 Å². The summed E-state index contributed by atoms with van der Waals surface area (Å²) in [7, 11) is -2.64. The molecule has 0 unspecified atom stereocenters. The van der Waals surface area contributed by atoms with Gasteiger partial charge in [-0.25, -0.2) is 0 Å². The van der Waals surface area contributed by atoms with Gasteiger partial charge < -0.3 is 9.16 Å². The summed E-state index contributed by atoms with van der Waals surface area (Å²) in [4.78, 5) is 12.3. The Bertz CT molecular complexity index is 906. The third-order valence-corrected chi connectivity index (χ3v) is 11.7. The summed E-state index contributed by atoms with van der Waals surface area (Å²) in [6, 6.07) is 21.4. The van der Waals surface area contributed by atoms with Crippen LogP contribution in [0.1, 0.15) is 33.6 Å². The number of esters is 1. The number of hydrogen-bond donors (Lipinski definition) is 0. The normalized spacial score (nSPS) is 25.7. The molecule has 0 amide bonds. The van der Waals surface area contributed by atoms with Gasteiger partial charge in [0.05, 0.1) is 12.0 Å². The number of cyclic esters (lactones) is 1. The first-order chi connectivity index (χ1) is 14.9. The van der Waals surface area contributed by atoms with E-state index >= 15 is 0 Å². The largest absolute Gasteiger partial charge is 0.461 e. The number of fused-ring (bicyclic) bond motifs is 1. The Balaban J connectivity index is 1.76. The van der Waals surface area contributed by atoms with E-state index in [1.54, 1.807) is 0 Å². The Kier molecular flexibility index (Phi) is 6.04. The van der Waals surface area contributed by atoms with Gasteiger partial charge in [0.1, 0.15) is 6.10 Å². The lowest BCUT2D eigenvalue weighted by Crippen LogP contribution is -2.67. The average molecular weight is 433 g/mol. The highest BCUT2D eigenvalue weighted by molar-refractivity contribution is 6.99. The van der Waals surface area contributed by atoms with Crippen molar-refractivity contribution in [1.82, 2.24) is 0 Å². The van der Waals surface area contributed by atoms with Crippen molar-refractivity contribution < 1.29 is 14.0 Å². The van der Waals surface area contributed by atoms with Crippen LogP contribution < -0.4 is 10.4 Å². The minimum absolute atomic E-state index is 0.0608. The van der Waals surface area contributed by atoms with E-state index in [0.29, 0.717) is 6.42 Å².